The molecule has 2 unspecified atom stereocenters. The number of nitrogens with one attached hydrogen (secondary N) is 2. The second-order valence-corrected chi connectivity index (χ2v) is 10.8. The summed E-state index contributed by atoms with van der Waals surface area (Å²) in [5, 5.41) is 25.6. The number of hydrogen-bond acceptors (Lipinski definition) is 6. The van der Waals surface area contributed by atoms with E-state index in [9.17, 15) is 24.8 Å². The van der Waals surface area contributed by atoms with Crippen molar-refractivity contribution in [3.63, 3.8) is 0 Å². The number of aromatic hydroxyl groups is 1. The van der Waals surface area contributed by atoms with Gasteiger partial charge in [0, 0.05) is 6.42 Å². The summed E-state index contributed by atoms with van der Waals surface area (Å²) in [5.41, 5.74) is 1.21. The molecular weight excluding hydrogens is 544 g/mol. The molecule has 0 heterocycles. The Morgan fingerprint density at radius 2 is 1.73 bits per heavy atom. The van der Waals surface area contributed by atoms with E-state index in [1.54, 1.807) is 76.2 Å². The number of nitriles is 1. The lowest BCUT2D eigenvalue weighted by molar-refractivity contribution is -0.140. The topological polar surface area (TPSA) is 132 Å². The fraction of sp³-hybridized carbons (Fsp3) is 0.290. The molecule has 0 saturated heterocycles. The summed E-state index contributed by atoms with van der Waals surface area (Å²) in [5.74, 6) is -1.49. The third-order valence-electron chi connectivity index (χ3n) is 6.01. The number of rotatable bonds is 9. The van der Waals surface area contributed by atoms with E-state index in [-0.39, 0.29) is 17.7 Å². The number of carbonyl (C=O) groups excluding carboxylic acids is 3. The highest BCUT2D eigenvalue weighted by Gasteiger charge is 2.37. The molecule has 10 heteroatoms. The lowest BCUT2D eigenvalue weighted by Crippen LogP contribution is -2.53. The number of anilines is 1. The number of halogens is 1. The standard InChI is InChI=1S/C31H33ClN4O5/c1-20-10-8-15-24(32)26(20)35-28(38)27(22-13-9-14-23(37)19-22)36(17-16-33)29(39)25(18-21-11-6-5-7-12-21)34-30(40)41-31(2,3)4/h5-15,19,25,27,37H,17-18H2,1-4H3,(H,34,40)(H,35,38). The highest BCUT2D eigenvalue weighted by molar-refractivity contribution is 6.34. The predicted octanol–water partition coefficient (Wildman–Crippen LogP) is 5.52. The minimum absolute atomic E-state index is 0.0683. The van der Waals surface area contributed by atoms with E-state index in [1.807, 2.05) is 12.1 Å². The third-order valence-corrected chi connectivity index (χ3v) is 6.33. The third kappa shape index (κ3) is 8.72. The molecule has 0 bridgehead atoms. The highest BCUT2D eigenvalue weighted by Crippen LogP contribution is 2.30. The number of amides is 3. The molecule has 3 N–H and O–H groups in total. The van der Waals surface area contributed by atoms with Gasteiger partial charge in [0.05, 0.1) is 16.8 Å². The van der Waals surface area contributed by atoms with E-state index < -0.39 is 42.1 Å². The average Bonchev–Trinajstić information content (AvgIpc) is 2.89. The maximum Gasteiger partial charge on any atom is 0.408 e. The predicted molar refractivity (Wildman–Crippen MR) is 156 cm³/mol. The number of carbonyl (C=O) groups is 3. The van der Waals surface area contributed by atoms with E-state index in [2.05, 4.69) is 10.6 Å². The summed E-state index contributed by atoms with van der Waals surface area (Å²) in [6.45, 7) is 6.36. The Hall–Kier alpha value is -4.55. The second-order valence-electron chi connectivity index (χ2n) is 10.4. The van der Waals surface area contributed by atoms with Crippen LogP contribution in [-0.4, -0.2) is 46.1 Å². The fourth-order valence-corrected chi connectivity index (χ4v) is 4.49. The SMILES string of the molecule is Cc1cccc(Cl)c1NC(=O)C(c1cccc(O)c1)N(CC#N)C(=O)C(Cc1ccccc1)NC(=O)OC(C)(C)C. The Morgan fingerprint density at radius 3 is 2.34 bits per heavy atom. The van der Waals surface area contributed by atoms with Gasteiger partial charge in [-0.25, -0.2) is 4.79 Å². The largest absolute Gasteiger partial charge is 0.508 e. The summed E-state index contributed by atoms with van der Waals surface area (Å²) < 4.78 is 5.40. The van der Waals surface area contributed by atoms with E-state index in [0.717, 1.165) is 10.5 Å². The highest BCUT2D eigenvalue weighted by atomic mass is 35.5. The maximum atomic E-state index is 14.2. The fourth-order valence-electron chi connectivity index (χ4n) is 4.22. The molecule has 0 fully saturated rings. The summed E-state index contributed by atoms with van der Waals surface area (Å²) in [4.78, 5) is 41.9. The Kier molecular flexibility index (Phi) is 10.3. The van der Waals surface area contributed by atoms with Crippen LogP contribution in [-0.2, 0) is 20.7 Å². The summed E-state index contributed by atoms with van der Waals surface area (Å²) >= 11 is 6.35. The molecule has 2 atom stereocenters. The Morgan fingerprint density at radius 1 is 1.05 bits per heavy atom. The van der Waals surface area contributed by atoms with Crippen LogP contribution >= 0.6 is 11.6 Å². The van der Waals surface area contributed by atoms with E-state index in [1.165, 1.54) is 18.2 Å². The van der Waals surface area contributed by atoms with Crippen molar-refractivity contribution in [2.75, 3.05) is 11.9 Å². The molecule has 0 spiro atoms. The monoisotopic (exact) mass is 576 g/mol. The van der Waals surface area contributed by atoms with Gasteiger partial charge >= 0.3 is 6.09 Å². The molecule has 0 saturated carbocycles. The number of phenolic OH excluding ortho intramolecular Hbond substituents is 1. The number of alkyl carbamates (subject to hydrolysis) is 1. The summed E-state index contributed by atoms with van der Waals surface area (Å²) in [6.07, 6.45) is -0.757. The Bertz CT molecular complexity index is 1410. The van der Waals surface area contributed by atoms with Crippen LogP contribution in [0.25, 0.3) is 0 Å². The first kappa shape index (κ1) is 31.0. The van der Waals surface area contributed by atoms with Crippen LogP contribution in [0.1, 0.15) is 43.5 Å². The molecule has 3 aromatic carbocycles. The van der Waals surface area contributed by atoms with Crippen LogP contribution < -0.4 is 10.6 Å². The van der Waals surface area contributed by atoms with Crippen LogP contribution in [0, 0.1) is 18.3 Å². The van der Waals surface area contributed by atoms with Gasteiger partial charge in [-0.1, -0.05) is 66.2 Å². The average molecular weight is 577 g/mol. The Labute approximate surface area is 244 Å². The van der Waals surface area contributed by atoms with E-state index in [4.69, 9.17) is 16.3 Å². The van der Waals surface area contributed by atoms with E-state index in [0.29, 0.717) is 16.3 Å². The first-order valence-corrected chi connectivity index (χ1v) is 13.3. The van der Waals surface area contributed by atoms with Gasteiger partial charge in [0.15, 0.2) is 0 Å². The quantitative estimate of drug-likeness (QED) is 0.287. The smallest absolute Gasteiger partial charge is 0.408 e. The van der Waals surface area contributed by atoms with Crippen LogP contribution in [0.5, 0.6) is 5.75 Å². The van der Waals surface area contributed by atoms with Crippen molar-refractivity contribution in [3.05, 3.63) is 94.5 Å². The van der Waals surface area contributed by atoms with Gasteiger partial charge < -0.3 is 25.4 Å². The number of hydrogen-bond donors (Lipinski definition) is 3. The van der Waals surface area contributed by atoms with Gasteiger partial charge in [0.1, 0.15) is 30.0 Å². The van der Waals surface area contributed by atoms with Gasteiger partial charge in [-0.3, -0.25) is 9.59 Å². The van der Waals surface area contributed by atoms with Crippen molar-refractivity contribution in [2.45, 2.75) is 51.8 Å². The van der Waals surface area contributed by atoms with Crippen molar-refractivity contribution < 1.29 is 24.2 Å². The van der Waals surface area contributed by atoms with Crippen molar-refractivity contribution in [3.8, 4) is 11.8 Å². The minimum atomic E-state index is -1.36. The molecule has 0 aliphatic rings. The van der Waals surface area contributed by atoms with Crippen LogP contribution in [0.3, 0.4) is 0 Å². The first-order chi connectivity index (χ1) is 19.4. The van der Waals surface area contributed by atoms with Crippen molar-refractivity contribution >= 4 is 35.2 Å². The number of aryl methyl sites for hydroxylation is 1. The lowest BCUT2D eigenvalue weighted by Gasteiger charge is -2.33. The summed E-state index contributed by atoms with van der Waals surface area (Å²) in [7, 11) is 0. The number of phenols is 1. The van der Waals surface area contributed by atoms with Gasteiger partial charge in [-0.15, -0.1) is 0 Å². The van der Waals surface area contributed by atoms with Crippen LogP contribution in [0.15, 0.2) is 72.8 Å². The van der Waals surface area contributed by atoms with E-state index >= 15 is 0 Å². The van der Waals surface area contributed by atoms with Crippen LogP contribution in [0.4, 0.5) is 10.5 Å². The maximum absolute atomic E-state index is 14.2. The number of para-hydroxylation sites is 1. The summed E-state index contributed by atoms with van der Waals surface area (Å²) in [6, 6.07) is 19.4. The zero-order chi connectivity index (χ0) is 30.2. The molecule has 41 heavy (non-hydrogen) atoms. The minimum Gasteiger partial charge on any atom is -0.508 e. The zero-order valence-corrected chi connectivity index (χ0v) is 24.1. The lowest BCUT2D eigenvalue weighted by atomic mass is 10.00. The number of benzene rings is 3. The van der Waals surface area contributed by atoms with Crippen LogP contribution in [0.2, 0.25) is 5.02 Å². The molecule has 0 aliphatic heterocycles. The molecular formula is C31H33ClN4O5. The van der Waals surface area contributed by atoms with Gasteiger partial charge in [0.2, 0.25) is 5.91 Å². The van der Waals surface area contributed by atoms with Gasteiger partial charge in [-0.05, 0) is 62.6 Å². The normalized spacial score (nSPS) is 12.4. The number of ether oxygens (including phenoxy) is 1. The van der Waals surface area contributed by atoms with Crippen molar-refractivity contribution in [1.29, 1.82) is 5.26 Å². The zero-order valence-electron chi connectivity index (χ0n) is 23.3. The molecule has 214 valence electrons. The Balaban J connectivity index is 2.07. The molecule has 3 rings (SSSR count). The van der Waals surface area contributed by atoms with Crippen molar-refractivity contribution in [1.82, 2.24) is 10.2 Å². The molecule has 0 radical (unpaired) electrons. The van der Waals surface area contributed by atoms with Gasteiger partial charge in [-0.2, -0.15) is 5.26 Å². The first-order valence-electron chi connectivity index (χ1n) is 13.0. The van der Waals surface area contributed by atoms with Gasteiger partial charge in [0.25, 0.3) is 5.91 Å². The molecule has 0 aromatic heterocycles. The molecule has 3 aromatic rings. The number of nitrogens with zero attached hydrogens (tertiary/aromatic N) is 2. The second kappa shape index (κ2) is 13.7. The molecule has 0 aliphatic carbocycles. The van der Waals surface area contributed by atoms with Crippen molar-refractivity contribution in [2.24, 2.45) is 0 Å². The molecule has 9 nitrogen and oxygen atoms in total. The molecule has 3 amide bonds.